The van der Waals surface area contributed by atoms with Gasteiger partial charge in [-0.3, -0.25) is 4.79 Å². The number of hydrogen-bond donors (Lipinski definition) is 2. The third kappa shape index (κ3) is 9.65. The Balaban J connectivity index is 2.05. The lowest BCUT2D eigenvalue weighted by Gasteiger charge is -2.15. The van der Waals surface area contributed by atoms with E-state index in [1.807, 2.05) is 12.1 Å². The van der Waals surface area contributed by atoms with Crippen molar-refractivity contribution >= 4 is 23.7 Å². The molecule has 0 fully saturated rings. The Morgan fingerprint density at radius 2 is 1.91 bits per heavy atom. The van der Waals surface area contributed by atoms with Gasteiger partial charge >= 0.3 is 11.9 Å². The number of ether oxygens (including phenoxy) is 2. The number of aliphatic hydroxyl groups is 2. The summed E-state index contributed by atoms with van der Waals surface area (Å²) >= 11 is 1.57. The molecule has 0 saturated heterocycles. The molecule has 0 bridgehead atoms. The van der Waals surface area contributed by atoms with Crippen LogP contribution in [0, 0.1) is 5.92 Å². The smallest absolute Gasteiger partial charge is 0.343 e. The van der Waals surface area contributed by atoms with E-state index in [4.69, 9.17) is 4.74 Å². The number of thioether (sulfide) groups is 1. The first-order valence-electron chi connectivity index (χ1n) is 12.2. The highest BCUT2D eigenvalue weighted by atomic mass is 32.2. The van der Waals surface area contributed by atoms with Gasteiger partial charge in [0.1, 0.15) is 5.76 Å². The summed E-state index contributed by atoms with van der Waals surface area (Å²) in [6.45, 7) is 2.12. The van der Waals surface area contributed by atoms with Crippen molar-refractivity contribution in [2.45, 2.75) is 76.9 Å². The summed E-state index contributed by atoms with van der Waals surface area (Å²) in [7, 11) is 1.39. The molecule has 0 unspecified atom stereocenters. The Labute approximate surface area is 207 Å². The summed E-state index contributed by atoms with van der Waals surface area (Å²) in [6.07, 6.45) is 9.35. The number of carbonyl (C=O) groups is 2. The van der Waals surface area contributed by atoms with Gasteiger partial charge in [-0.2, -0.15) is 0 Å². The zero-order valence-corrected chi connectivity index (χ0v) is 21.1. The Morgan fingerprint density at radius 1 is 1.15 bits per heavy atom. The standard InChI is InChI=1S/C27H38O6S/c1-3-4-7-14-21(28)16-17-22-23(29)19-24(33-27(31)20-12-8-5-9-13-20)26(22)34-18-11-6-10-15-25(30)32-2/h5,8-9,12-13,16-17,21-23,28-29H,3-4,6-7,10-11,14-15,18-19H2,1-2H3/b17-16+/t21-,22-,23+/m0/s1. The van der Waals surface area contributed by atoms with E-state index in [0.29, 0.717) is 24.2 Å². The molecule has 34 heavy (non-hydrogen) atoms. The number of carbonyl (C=O) groups excluding carboxylic acids is 2. The molecule has 1 aliphatic rings. The van der Waals surface area contributed by atoms with Gasteiger partial charge in [-0.15, -0.1) is 11.8 Å². The van der Waals surface area contributed by atoms with Crippen molar-refractivity contribution in [1.82, 2.24) is 0 Å². The van der Waals surface area contributed by atoms with Gasteiger partial charge in [0.15, 0.2) is 0 Å². The molecule has 3 atom stereocenters. The highest BCUT2D eigenvalue weighted by Gasteiger charge is 2.34. The first-order valence-corrected chi connectivity index (χ1v) is 13.2. The molecule has 1 aliphatic carbocycles. The second-order valence-corrected chi connectivity index (χ2v) is 9.66. The quantitative estimate of drug-likeness (QED) is 0.193. The number of benzene rings is 1. The molecule has 2 N–H and O–H groups in total. The van der Waals surface area contributed by atoms with Crippen molar-refractivity contribution < 1.29 is 29.3 Å². The van der Waals surface area contributed by atoms with Crippen LogP contribution in [-0.2, 0) is 14.3 Å². The lowest BCUT2D eigenvalue weighted by molar-refractivity contribution is -0.140. The molecule has 0 amide bonds. The van der Waals surface area contributed by atoms with Gasteiger partial charge in [-0.05, 0) is 37.1 Å². The van der Waals surface area contributed by atoms with Crippen molar-refractivity contribution in [2.24, 2.45) is 5.92 Å². The predicted molar refractivity (Wildman–Crippen MR) is 135 cm³/mol. The lowest BCUT2D eigenvalue weighted by atomic mass is 10.0. The fourth-order valence-corrected chi connectivity index (χ4v) is 5.07. The molecule has 0 aliphatic heterocycles. The number of esters is 2. The van der Waals surface area contributed by atoms with Crippen molar-refractivity contribution in [3.8, 4) is 0 Å². The third-order valence-corrected chi connectivity index (χ3v) is 7.07. The van der Waals surface area contributed by atoms with Gasteiger partial charge < -0.3 is 19.7 Å². The Kier molecular flexibility index (Phi) is 13.0. The average molecular weight is 491 g/mol. The van der Waals surface area contributed by atoms with Crippen molar-refractivity contribution in [3.05, 3.63) is 58.7 Å². The summed E-state index contributed by atoms with van der Waals surface area (Å²) in [5, 5.41) is 21.0. The van der Waals surface area contributed by atoms with E-state index in [-0.39, 0.29) is 18.3 Å². The maximum absolute atomic E-state index is 12.6. The monoisotopic (exact) mass is 490 g/mol. The zero-order valence-electron chi connectivity index (χ0n) is 20.3. The van der Waals surface area contributed by atoms with E-state index >= 15 is 0 Å². The minimum Gasteiger partial charge on any atom is -0.469 e. The Bertz CT molecular complexity index is 820. The summed E-state index contributed by atoms with van der Waals surface area (Å²) in [6, 6.07) is 8.80. The normalized spacial score (nSPS) is 18.9. The van der Waals surface area contributed by atoms with Crippen LogP contribution in [0.25, 0.3) is 0 Å². The largest absolute Gasteiger partial charge is 0.469 e. The number of methoxy groups -OCH3 is 1. The van der Waals surface area contributed by atoms with Gasteiger partial charge in [0, 0.05) is 23.7 Å². The van der Waals surface area contributed by atoms with E-state index in [1.165, 1.54) is 7.11 Å². The fourth-order valence-electron chi connectivity index (χ4n) is 3.79. The molecule has 0 heterocycles. The van der Waals surface area contributed by atoms with Crippen molar-refractivity contribution in [2.75, 3.05) is 12.9 Å². The van der Waals surface area contributed by atoms with Gasteiger partial charge in [-0.25, -0.2) is 4.79 Å². The van der Waals surface area contributed by atoms with E-state index in [0.717, 1.165) is 49.2 Å². The highest BCUT2D eigenvalue weighted by molar-refractivity contribution is 8.03. The van der Waals surface area contributed by atoms with Crippen LogP contribution < -0.4 is 0 Å². The van der Waals surface area contributed by atoms with Crippen molar-refractivity contribution in [1.29, 1.82) is 0 Å². The maximum Gasteiger partial charge on any atom is 0.343 e. The van der Waals surface area contributed by atoms with Crippen molar-refractivity contribution in [3.63, 3.8) is 0 Å². The summed E-state index contributed by atoms with van der Waals surface area (Å²) in [5.41, 5.74) is 0.460. The van der Waals surface area contributed by atoms with Crippen LogP contribution in [-0.4, -0.2) is 47.2 Å². The van der Waals surface area contributed by atoms with Crippen LogP contribution >= 0.6 is 11.8 Å². The summed E-state index contributed by atoms with van der Waals surface area (Å²) in [5.74, 6) is 0.310. The second kappa shape index (κ2) is 15.7. The SMILES string of the molecule is CCCCC[C@H](O)/C=C/[C@@H]1C(SCCCCCC(=O)OC)=C(OC(=O)c2ccccc2)C[C@H]1O. The first kappa shape index (κ1) is 28.1. The number of rotatable bonds is 15. The molecule has 0 aromatic heterocycles. The molecule has 7 heteroatoms. The molecular formula is C27H38O6S. The zero-order chi connectivity index (χ0) is 24.8. The minimum absolute atomic E-state index is 0.202. The van der Waals surface area contributed by atoms with Gasteiger partial charge in [0.05, 0.1) is 24.9 Å². The molecule has 0 radical (unpaired) electrons. The van der Waals surface area contributed by atoms with Gasteiger partial charge in [-0.1, -0.05) is 63.0 Å². The second-order valence-electron chi connectivity index (χ2n) is 8.52. The molecule has 188 valence electrons. The van der Waals surface area contributed by atoms with Gasteiger partial charge in [0.25, 0.3) is 0 Å². The molecule has 1 aromatic carbocycles. The fraction of sp³-hybridized carbons (Fsp3) is 0.556. The molecule has 0 spiro atoms. The molecule has 1 aromatic rings. The van der Waals surface area contributed by atoms with E-state index in [9.17, 15) is 19.8 Å². The molecule has 6 nitrogen and oxygen atoms in total. The first-order chi connectivity index (χ1) is 16.5. The van der Waals surface area contributed by atoms with Crippen LogP contribution in [0.1, 0.15) is 75.1 Å². The van der Waals surface area contributed by atoms with Crippen LogP contribution in [0.2, 0.25) is 0 Å². The summed E-state index contributed by atoms with van der Waals surface area (Å²) in [4.78, 5) is 24.7. The van der Waals surface area contributed by atoms with E-state index in [1.54, 1.807) is 42.1 Å². The van der Waals surface area contributed by atoms with Crippen LogP contribution in [0.3, 0.4) is 0 Å². The highest BCUT2D eigenvalue weighted by Crippen LogP contribution is 2.41. The summed E-state index contributed by atoms with van der Waals surface area (Å²) < 4.78 is 10.4. The van der Waals surface area contributed by atoms with Crippen LogP contribution in [0.15, 0.2) is 53.1 Å². The number of hydrogen-bond acceptors (Lipinski definition) is 7. The van der Waals surface area contributed by atoms with Crippen LogP contribution in [0.4, 0.5) is 0 Å². The lowest BCUT2D eigenvalue weighted by Crippen LogP contribution is -2.14. The van der Waals surface area contributed by atoms with E-state index < -0.39 is 18.2 Å². The molecule has 0 saturated carbocycles. The number of unbranched alkanes of at least 4 members (excludes halogenated alkanes) is 4. The topological polar surface area (TPSA) is 93.1 Å². The molecule has 2 rings (SSSR count). The average Bonchev–Trinajstić information content (AvgIpc) is 3.13. The predicted octanol–water partition coefficient (Wildman–Crippen LogP) is 5.40. The molecular weight excluding hydrogens is 452 g/mol. The maximum atomic E-state index is 12.6. The van der Waals surface area contributed by atoms with Gasteiger partial charge in [0.2, 0.25) is 0 Å². The Morgan fingerprint density at radius 3 is 2.62 bits per heavy atom. The minimum atomic E-state index is -0.709. The number of aliphatic hydroxyl groups excluding tert-OH is 2. The Hall–Kier alpha value is -2.09. The van der Waals surface area contributed by atoms with Crippen LogP contribution in [0.5, 0.6) is 0 Å². The third-order valence-electron chi connectivity index (χ3n) is 5.77. The van der Waals surface area contributed by atoms with E-state index in [2.05, 4.69) is 11.7 Å².